The predicted octanol–water partition coefficient (Wildman–Crippen LogP) is 4.42. The molecule has 1 heterocycles. The zero-order valence-corrected chi connectivity index (χ0v) is 18.4. The number of imide groups is 1. The highest BCUT2D eigenvalue weighted by Gasteiger charge is 2.42. The van der Waals surface area contributed by atoms with Crippen molar-refractivity contribution >= 4 is 35.2 Å². The molecular weight excluding hydrogens is 410 g/mol. The van der Waals surface area contributed by atoms with Crippen molar-refractivity contribution < 1.29 is 24.3 Å². The number of amides is 4. The molecule has 1 aromatic carbocycles. The first-order chi connectivity index (χ1) is 15.5. The molecule has 4 amide bonds. The fourth-order valence-corrected chi connectivity index (χ4v) is 5.28. The van der Waals surface area contributed by atoms with Crippen molar-refractivity contribution in [1.29, 1.82) is 0 Å². The number of fused-ring (bicyclic) bond motifs is 1. The average Bonchev–Trinajstić information content (AvgIpc) is 2.89. The fourth-order valence-electron chi connectivity index (χ4n) is 5.28. The summed E-state index contributed by atoms with van der Waals surface area (Å²) in [7, 11) is 0. The maximum Gasteiger partial charge on any atom is 0.333 e. The molecule has 3 aliphatic rings. The van der Waals surface area contributed by atoms with Gasteiger partial charge in [-0.15, -0.1) is 0 Å². The van der Waals surface area contributed by atoms with Crippen LogP contribution in [0.4, 0.5) is 21.0 Å². The van der Waals surface area contributed by atoms with E-state index in [1.165, 1.54) is 4.90 Å². The van der Waals surface area contributed by atoms with Crippen LogP contribution in [0.5, 0.6) is 0 Å². The second-order valence-corrected chi connectivity index (χ2v) is 9.08. The van der Waals surface area contributed by atoms with E-state index in [1.807, 2.05) is 0 Å². The quantitative estimate of drug-likeness (QED) is 0.705. The molecule has 2 aliphatic carbocycles. The molecule has 8 heteroatoms. The Morgan fingerprint density at radius 2 is 1.38 bits per heavy atom. The monoisotopic (exact) mass is 441 g/mol. The summed E-state index contributed by atoms with van der Waals surface area (Å²) in [4.78, 5) is 55.4. The lowest BCUT2D eigenvalue weighted by molar-refractivity contribution is -0.137. The van der Waals surface area contributed by atoms with Crippen LogP contribution in [0.15, 0.2) is 24.3 Å². The first-order valence-electron chi connectivity index (χ1n) is 11.7. The van der Waals surface area contributed by atoms with Crippen LogP contribution >= 0.6 is 0 Å². The number of Topliss-reactive ketones (excluding diaryl/α,β-unsaturated/α-hetero) is 1. The molecule has 32 heavy (non-hydrogen) atoms. The Kier molecular flexibility index (Phi) is 6.77. The highest BCUT2D eigenvalue weighted by atomic mass is 16.4. The van der Waals surface area contributed by atoms with Gasteiger partial charge < -0.3 is 5.11 Å². The van der Waals surface area contributed by atoms with Crippen molar-refractivity contribution in [2.45, 2.75) is 70.3 Å². The number of carbonyl (C=O) groups excluding carboxylic acids is 3. The summed E-state index contributed by atoms with van der Waals surface area (Å²) < 4.78 is 0. The van der Waals surface area contributed by atoms with Gasteiger partial charge in [-0.25, -0.2) is 14.5 Å². The number of carboxylic acid groups (broad SMARTS) is 1. The van der Waals surface area contributed by atoms with E-state index in [1.54, 1.807) is 29.2 Å². The van der Waals surface area contributed by atoms with Crippen molar-refractivity contribution in [2.24, 2.45) is 5.92 Å². The molecule has 1 aromatic rings. The largest absolute Gasteiger partial charge is 0.480 e. The lowest BCUT2D eigenvalue weighted by Gasteiger charge is -2.35. The number of aliphatic carboxylic acids is 1. The summed E-state index contributed by atoms with van der Waals surface area (Å²) in [6.45, 7) is -0.884. The molecule has 0 spiro atoms. The van der Waals surface area contributed by atoms with E-state index >= 15 is 0 Å². The molecule has 0 unspecified atom stereocenters. The topological polar surface area (TPSA) is 98.2 Å². The SMILES string of the molecule is O=C(O)CN1C(=O)N(CC(=O)C2CCCCC2)c2ccccc2N(C2CCCCC2)C1=O. The van der Waals surface area contributed by atoms with E-state index in [0.29, 0.717) is 11.4 Å². The maximum atomic E-state index is 13.5. The lowest BCUT2D eigenvalue weighted by Crippen LogP contribution is -2.54. The summed E-state index contributed by atoms with van der Waals surface area (Å²) >= 11 is 0. The van der Waals surface area contributed by atoms with Gasteiger partial charge in [-0.05, 0) is 37.8 Å². The molecular formula is C24H31N3O5. The lowest BCUT2D eigenvalue weighted by atomic mass is 9.86. The van der Waals surface area contributed by atoms with Gasteiger partial charge in [-0.3, -0.25) is 19.4 Å². The van der Waals surface area contributed by atoms with E-state index < -0.39 is 24.6 Å². The number of rotatable bonds is 6. The van der Waals surface area contributed by atoms with Crippen LogP contribution in [0.2, 0.25) is 0 Å². The molecule has 0 saturated heterocycles. The van der Waals surface area contributed by atoms with Crippen LogP contribution in [0, 0.1) is 5.92 Å². The third-order valence-corrected chi connectivity index (χ3v) is 6.94. The van der Waals surface area contributed by atoms with Gasteiger partial charge in [-0.1, -0.05) is 50.7 Å². The summed E-state index contributed by atoms with van der Waals surface area (Å²) in [5, 5.41) is 9.43. The minimum Gasteiger partial charge on any atom is -0.480 e. The van der Waals surface area contributed by atoms with Gasteiger partial charge >= 0.3 is 18.0 Å². The Labute approximate surface area is 188 Å². The number of hydrogen-bond acceptors (Lipinski definition) is 4. The van der Waals surface area contributed by atoms with Crippen molar-refractivity contribution in [3.8, 4) is 0 Å². The highest BCUT2D eigenvalue weighted by molar-refractivity contribution is 6.15. The fraction of sp³-hybridized carbons (Fsp3) is 0.583. The molecule has 0 bridgehead atoms. The average molecular weight is 442 g/mol. The smallest absolute Gasteiger partial charge is 0.333 e. The number of para-hydroxylation sites is 2. The minimum atomic E-state index is -1.26. The zero-order chi connectivity index (χ0) is 22.7. The molecule has 0 aromatic heterocycles. The van der Waals surface area contributed by atoms with Gasteiger partial charge in [0.05, 0.1) is 17.9 Å². The van der Waals surface area contributed by atoms with Crippen molar-refractivity contribution in [1.82, 2.24) is 4.90 Å². The molecule has 1 aliphatic heterocycles. The van der Waals surface area contributed by atoms with Crippen LogP contribution in [-0.2, 0) is 9.59 Å². The number of anilines is 2. The van der Waals surface area contributed by atoms with Crippen LogP contribution in [0.3, 0.4) is 0 Å². The number of nitrogens with zero attached hydrogens (tertiary/aromatic N) is 3. The number of carbonyl (C=O) groups is 4. The van der Waals surface area contributed by atoms with Gasteiger partial charge in [0.25, 0.3) is 0 Å². The molecule has 172 valence electrons. The van der Waals surface area contributed by atoms with Crippen LogP contribution in [0.25, 0.3) is 0 Å². The third-order valence-electron chi connectivity index (χ3n) is 6.94. The highest BCUT2D eigenvalue weighted by Crippen LogP contribution is 2.38. The molecule has 2 saturated carbocycles. The van der Waals surface area contributed by atoms with Gasteiger partial charge in [0.1, 0.15) is 6.54 Å². The Balaban J connectivity index is 1.73. The third kappa shape index (κ3) is 4.49. The number of carboxylic acids is 1. The second-order valence-electron chi connectivity index (χ2n) is 9.08. The Morgan fingerprint density at radius 1 is 0.781 bits per heavy atom. The van der Waals surface area contributed by atoms with Gasteiger partial charge in [0.15, 0.2) is 5.78 Å². The summed E-state index contributed by atoms with van der Waals surface area (Å²) in [6, 6.07) is 5.65. The molecule has 2 fully saturated rings. The summed E-state index contributed by atoms with van der Waals surface area (Å²) in [5.41, 5.74) is 1.07. The van der Waals surface area contributed by atoms with Crippen molar-refractivity contribution in [3.05, 3.63) is 24.3 Å². The van der Waals surface area contributed by atoms with E-state index in [9.17, 15) is 24.3 Å². The molecule has 0 radical (unpaired) electrons. The Bertz CT molecular complexity index is 889. The summed E-state index contributed by atoms with van der Waals surface area (Å²) in [5.74, 6) is -1.38. The van der Waals surface area contributed by atoms with Crippen molar-refractivity contribution in [3.63, 3.8) is 0 Å². The van der Waals surface area contributed by atoms with Crippen LogP contribution in [-0.4, -0.2) is 53.0 Å². The van der Waals surface area contributed by atoms with Gasteiger partial charge in [0.2, 0.25) is 0 Å². The van der Waals surface area contributed by atoms with Gasteiger partial charge in [-0.2, -0.15) is 0 Å². The number of hydrogen-bond donors (Lipinski definition) is 1. The zero-order valence-electron chi connectivity index (χ0n) is 18.4. The number of urea groups is 2. The number of ketones is 1. The van der Waals surface area contributed by atoms with E-state index in [0.717, 1.165) is 69.1 Å². The molecule has 1 N–H and O–H groups in total. The number of benzene rings is 1. The van der Waals surface area contributed by atoms with E-state index in [-0.39, 0.29) is 24.3 Å². The minimum absolute atomic E-state index is 0.0262. The van der Waals surface area contributed by atoms with Crippen molar-refractivity contribution in [2.75, 3.05) is 22.9 Å². The summed E-state index contributed by atoms with van der Waals surface area (Å²) in [6.07, 6.45) is 9.41. The molecule has 4 rings (SSSR count). The van der Waals surface area contributed by atoms with Crippen LogP contribution in [0.1, 0.15) is 64.2 Å². The Morgan fingerprint density at radius 3 is 2.00 bits per heavy atom. The first-order valence-corrected chi connectivity index (χ1v) is 11.7. The standard InChI is InChI=1S/C24H31N3O5/c28-21(17-9-3-1-4-10-17)15-25-19-13-7-8-14-20(19)27(18-11-5-2-6-12-18)24(32)26(23(25)31)16-22(29)30/h7-8,13-14,17-18H,1-6,9-12,15-16H2,(H,29,30). The molecule has 8 nitrogen and oxygen atoms in total. The second kappa shape index (κ2) is 9.71. The molecule has 0 atom stereocenters. The van der Waals surface area contributed by atoms with Gasteiger partial charge in [0, 0.05) is 12.0 Å². The maximum absolute atomic E-state index is 13.5. The normalized spacial score (nSPS) is 20.8. The Hall–Kier alpha value is -2.90. The predicted molar refractivity (Wildman–Crippen MR) is 120 cm³/mol. The van der Waals surface area contributed by atoms with E-state index in [4.69, 9.17) is 0 Å². The van der Waals surface area contributed by atoms with E-state index in [2.05, 4.69) is 0 Å². The van der Waals surface area contributed by atoms with Crippen LogP contribution < -0.4 is 9.80 Å². The first kappa shape index (κ1) is 22.3.